The molecule has 0 aliphatic heterocycles. The zero-order chi connectivity index (χ0) is 32.2. The molecule has 0 saturated heterocycles. The van der Waals surface area contributed by atoms with Crippen molar-refractivity contribution in [2.24, 2.45) is 0 Å². The summed E-state index contributed by atoms with van der Waals surface area (Å²) < 4.78 is 2.44. The van der Waals surface area contributed by atoms with E-state index in [9.17, 15) is 0 Å². The van der Waals surface area contributed by atoms with Crippen molar-refractivity contribution in [3.8, 4) is 39.6 Å². The van der Waals surface area contributed by atoms with Crippen LogP contribution in [0.5, 0.6) is 0 Å². The summed E-state index contributed by atoms with van der Waals surface area (Å²) in [5.74, 6) is 0.727. The second kappa shape index (κ2) is 11.1. The average Bonchev–Trinajstić information content (AvgIpc) is 3.37. The lowest BCUT2D eigenvalue weighted by molar-refractivity contribution is 0.590. The van der Waals surface area contributed by atoms with Gasteiger partial charge in [0.05, 0.1) is 22.4 Å². The van der Waals surface area contributed by atoms with Crippen LogP contribution in [0.15, 0.2) is 121 Å². The molecule has 7 rings (SSSR count). The molecule has 2 heterocycles. The van der Waals surface area contributed by atoms with Crippen LogP contribution < -0.4 is 0 Å². The highest BCUT2D eigenvalue weighted by atomic mass is 15.0. The average molecular weight is 600 g/mol. The van der Waals surface area contributed by atoms with E-state index in [2.05, 4.69) is 150 Å². The van der Waals surface area contributed by atoms with Gasteiger partial charge in [0.15, 0.2) is 5.82 Å². The van der Waals surface area contributed by atoms with Crippen LogP contribution in [-0.4, -0.2) is 14.5 Å². The molecule has 0 N–H and O–H groups in total. The first-order chi connectivity index (χ1) is 22.0. The molecule has 0 aliphatic rings. The van der Waals surface area contributed by atoms with E-state index in [4.69, 9.17) is 9.97 Å². The first kappa shape index (κ1) is 29.7. The third kappa shape index (κ3) is 5.41. The van der Waals surface area contributed by atoms with Gasteiger partial charge in [-0.05, 0) is 76.9 Å². The fourth-order valence-electron chi connectivity index (χ4n) is 6.35. The van der Waals surface area contributed by atoms with Crippen molar-refractivity contribution in [2.75, 3.05) is 0 Å². The lowest BCUT2D eigenvalue weighted by atomic mass is 9.85. The molecule has 228 valence electrons. The Balaban J connectivity index is 1.41. The van der Waals surface area contributed by atoms with Crippen molar-refractivity contribution in [1.29, 1.82) is 0 Å². The number of fused-ring (bicyclic) bond motifs is 3. The third-order valence-corrected chi connectivity index (χ3v) is 9.06. The normalized spacial score (nSPS) is 12.2. The molecule has 0 spiro atoms. The highest BCUT2D eigenvalue weighted by Gasteiger charge is 2.21. The van der Waals surface area contributed by atoms with E-state index in [0.717, 1.165) is 33.9 Å². The molecule has 7 aromatic rings. The highest BCUT2D eigenvalue weighted by molar-refractivity contribution is 6.10. The Kier molecular flexibility index (Phi) is 7.16. The molecule has 46 heavy (non-hydrogen) atoms. The molecule has 0 atom stereocenters. The zero-order valence-corrected chi connectivity index (χ0v) is 27.9. The minimum atomic E-state index is 0.0660. The second-order valence-electron chi connectivity index (χ2n) is 14.5. The van der Waals surface area contributed by atoms with E-state index in [1.807, 2.05) is 24.3 Å². The van der Waals surface area contributed by atoms with E-state index < -0.39 is 0 Å². The summed E-state index contributed by atoms with van der Waals surface area (Å²) in [5.41, 5.74) is 12.6. The van der Waals surface area contributed by atoms with Gasteiger partial charge in [-0.2, -0.15) is 0 Å². The first-order valence-electron chi connectivity index (χ1n) is 16.2. The van der Waals surface area contributed by atoms with Gasteiger partial charge in [-0.3, -0.25) is 0 Å². The Morgan fingerprint density at radius 3 is 1.48 bits per heavy atom. The Morgan fingerprint density at radius 1 is 0.478 bits per heavy atom. The fourth-order valence-corrected chi connectivity index (χ4v) is 6.35. The topological polar surface area (TPSA) is 30.7 Å². The lowest BCUT2D eigenvalue weighted by Crippen LogP contribution is -2.10. The molecule has 0 aliphatic carbocycles. The van der Waals surface area contributed by atoms with Crippen LogP contribution in [0.1, 0.15) is 58.2 Å². The van der Waals surface area contributed by atoms with Crippen molar-refractivity contribution in [3.05, 3.63) is 138 Å². The summed E-state index contributed by atoms with van der Waals surface area (Å²) in [7, 11) is 0. The second-order valence-corrected chi connectivity index (χ2v) is 14.5. The van der Waals surface area contributed by atoms with Gasteiger partial charge in [0.2, 0.25) is 0 Å². The maximum Gasteiger partial charge on any atom is 0.160 e. The van der Waals surface area contributed by atoms with Gasteiger partial charge in [-0.15, -0.1) is 0 Å². The number of hydrogen-bond donors (Lipinski definition) is 0. The predicted octanol–water partition coefficient (Wildman–Crippen LogP) is 11.5. The van der Waals surface area contributed by atoms with Crippen molar-refractivity contribution >= 4 is 21.8 Å². The number of nitrogens with zero attached hydrogens (tertiary/aromatic N) is 3. The van der Waals surface area contributed by atoms with Crippen molar-refractivity contribution in [1.82, 2.24) is 14.5 Å². The molecular weight excluding hydrogens is 558 g/mol. The van der Waals surface area contributed by atoms with Crippen LogP contribution in [0, 0.1) is 6.92 Å². The smallest absolute Gasteiger partial charge is 0.160 e. The maximum atomic E-state index is 5.08. The van der Waals surface area contributed by atoms with Crippen LogP contribution in [0.2, 0.25) is 0 Å². The Hall–Kier alpha value is -5.02. The number of aryl methyl sites for hydroxylation is 1. The minimum Gasteiger partial charge on any atom is -0.309 e. The zero-order valence-electron chi connectivity index (χ0n) is 27.9. The standard InChI is InChI=1S/C43H41N3/c1-28-24-31(37-27-36(29-14-10-8-11-15-29)44-41(45-37)30-16-12-9-13-17-30)18-21-38(28)46-39-22-19-32(42(2,3)4)25-34(39)35-26-33(43(5,6)7)20-23-40(35)46/h8-27H,1-7H3. The summed E-state index contributed by atoms with van der Waals surface area (Å²) in [6.45, 7) is 15.9. The van der Waals surface area contributed by atoms with E-state index in [1.54, 1.807) is 0 Å². The molecule has 0 bridgehead atoms. The monoisotopic (exact) mass is 599 g/mol. The Bertz CT molecular complexity index is 2080. The molecule has 2 aromatic heterocycles. The number of rotatable bonds is 4. The minimum absolute atomic E-state index is 0.0660. The summed E-state index contributed by atoms with van der Waals surface area (Å²) in [5, 5.41) is 2.60. The van der Waals surface area contributed by atoms with E-state index in [1.165, 1.54) is 44.2 Å². The molecule has 0 amide bonds. The van der Waals surface area contributed by atoms with Crippen LogP contribution in [0.25, 0.3) is 61.4 Å². The summed E-state index contributed by atoms with van der Waals surface area (Å²) in [6.07, 6.45) is 0. The summed E-state index contributed by atoms with van der Waals surface area (Å²) in [4.78, 5) is 10.1. The fraction of sp³-hybridized carbons (Fsp3) is 0.209. The molecule has 5 aromatic carbocycles. The van der Waals surface area contributed by atoms with Crippen LogP contribution >= 0.6 is 0 Å². The van der Waals surface area contributed by atoms with Gasteiger partial charge in [-0.25, -0.2) is 9.97 Å². The number of hydrogen-bond acceptors (Lipinski definition) is 2. The third-order valence-electron chi connectivity index (χ3n) is 9.06. The van der Waals surface area contributed by atoms with Gasteiger partial charge in [0.1, 0.15) is 0 Å². The largest absolute Gasteiger partial charge is 0.309 e. The quantitative estimate of drug-likeness (QED) is 0.201. The van der Waals surface area contributed by atoms with Gasteiger partial charge in [0.25, 0.3) is 0 Å². The first-order valence-corrected chi connectivity index (χ1v) is 16.2. The van der Waals surface area contributed by atoms with Gasteiger partial charge in [-0.1, -0.05) is 120 Å². The van der Waals surface area contributed by atoms with Gasteiger partial charge in [0, 0.05) is 33.2 Å². The SMILES string of the molecule is Cc1cc(-c2cc(-c3ccccc3)nc(-c3ccccc3)n2)ccc1-n1c2ccc(C(C)(C)C)cc2c2cc(C(C)(C)C)ccc21. The molecule has 3 heteroatoms. The van der Waals surface area contributed by atoms with Crippen LogP contribution in [-0.2, 0) is 10.8 Å². The number of benzene rings is 5. The molecule has 0 radical (unpaired) electrons. The van der Waals surface area contributed by atoms with Crippen LogP contribution in [0.3, 0.4) is 0 Å². The Morgan fingerprint density at radius 2 is 0.978 bits per heavy atom. The van der Waals surface area contributed by atoms with E-state index in [-0.39, 0.29) is 10.8 Å². The van der Waals surface area contributed by atoms with Crippen molar-refractivity contribution in [3.63, 3.8) is 0 Å². The van der Waals surface area contributed by atoms with Crippen LogP contribution in [0.4, 0.5) is 0 Å². The lowest BCUT2D eigenvalue weighted by Gasteiger charge is -2.19. The Labute approximate surface area is 272 Å². The summed E-state index contributed by atoms with van der Waals surface area (Å²) in [6, 6.07) is 43.4. The van der Waals surface area contributed by atoms with Crippen molar-refractivity contribution < 1.29 is 0 Å². The molecule has 3 nitrogen and oxygen atoms in total. The van der Waals surface area contributed by atoms with Crippen molar-refractivity contribution in [2.45, 2.75) is 59.3 Å². The summed E-state index contributed by atoms with van der Waals surface area (Å²) >= 11 is 0. The highest BCUT2D eigenvalue weighted by Crippen LogP contribution is 2.39. The van der Waals surface area contributed by atoms with Gasteiger partial charge >= 0.3 is 0 Å². The number of aromatic nitrogens is 3. The molecular formula is C43H41N3. The van der Waals surface area contributed by atoms with Gasteiger partial charge < -0.3 is 4.57 Å². The molecule has 0 fully saturated rings. The predicted molar refractivity (Wildman–Crippen MR) is 195 cm³/mol. The van der Waals surface area contributed by atoms with E-state index in [0.29, 0.717) is 0 Å². The van der Waals surface area contributed by atoms with E-state index >= 15 is 0 Å². The maximum absolute atomic E-state index is 5.08. The molecule has 0 unspecified atom stereocenters. The molecule has 0 saturated carbocycles.